The number of carbonyl (C=O) groups excluding carboxylic acids is 2. The number of hydrogen-bond donors (Lipinski definition) is 1. The molecule has 0 unspecified atom stereocenters. The van der Waals surface area contributed by atoms with E-state index in [0.29, 0.717) is 28.6 Å². The molecule has 1 amide bonds. The van der Waals surface area contributed by atoms with Crippen LogP contribution in [0, 0.1) is 11.8 Å². The fourth-order valence-corrected chi connectivity index (χ4v) is 2.75. The van der Waals surface area contributed by atoms with Crippen LogP contribution in [0.3, 0.4) is 0 Å². The van der Waals surface area contributed by atoms with Gasteiger partial charge in [-0.2, -0.15) is 0 Å². The van der Waals surface area contributed by atoms with E-state index in [1.165, 1.54) is 0 Å². The minimum atomic E-state index is -0.317. The van der Waals surface area contributed by atoms with Crippen molar-refractivity contribution in [1.82, 2.24) is 0 Å². The Morgan fingerprint density at radius 1 is 1.48 bits per heavy atom. The molecular formula is C15H17Cl2NO3. The van der Waals surface area contributed by atoms with Crippen molar-refractivity contribution in [2.75, 3.05) is 5.32 Å². The fraction of sp³-hybridized carbons (Fsp3) is 0.467. The van der Waals surface area contributed by atoms with Gasteiger partial charge in [-0.25, -0.2) is 0 Å². The van der Waals surface area contributed by atoms with Crippen LogP contribution in [-0.4, -0.2) is 18.0 Å². The smallest absolute Gasteiger partial charge is 0.309 e. The Morgan fingerprint density at radius 3 is 2.81 bits per heavy atom. The van der Waals surface area contributed by atoms with Crippen LogP contribution in [0.25, 0.3) is 0 Å². The molecule has 0 spiro atoms. The van der Waals surface area contributed by atoms with Gasteiger partial charge >= 0.3 is 5.97 Å². The second-order valence-electron chi connectivity index (χ2n) is 5.43. The summed E-state index contributed by atoms with van der Waals surface area (Å²) in [5.41, 5.74) is 0.475. The molecule has 1 aliphatic heterocycles. The van der Waals surface area contributed by atoms with Crippen LogP contribution in [-0.2, 0) is 14.3 Å². The summed E-state index contributed by atoms with van der Waals surface area (Å²) in [6, 6.07) is 4.87. The first kappa shape index (κ1) is 16.1. The van der Waals surface area contributed by atoms with Gasteiger partial charge in [0, 0.05) is 10.9 Å². The van der Waals surface area contributed by atoms with Crippen LogP contribution in [0.1, 0.15) is 26.7 Å². The summed E-state index contributed by atoms with van der Waals surface area (Å²) in [7, 11) is 0. The molecule has 1 aliphatic rings. The summed E-state index contributed by atoms with van der Waals surface area (Å²) < 4.78 is 5.10. The number of esters is 1. The Bertz CT molecular complexity index is 562. The maximum Gasteiger partial charge on any atom is 0.309 e. The third kappa shape index (κ3) is 4.11. The number of halogens is 2. The lowest BCUT2D eigenvalue weighted by Gasteiger charge is -2.15. The molecule has 1 aromatic rings. The van der Waals surface area contributed by atoms with Crippen LogP contribution in [0.2, 0.25) is 10.0 Å². The lowest BCUT2D eigenvalue weighted by Crippen LogP contribution is -2.24. The van der Waals surface area contributed by atoms with Crippen LogP contribution in [0.5, 0.6) is 0 Å². The normalized spacial score (nSPS) is 22.8. The average molecular weight is 330 g/mol. The van der Waals surface area contributed by atoms with E-state index in [-0.39, 0.29) is 29.8 Å². The number of hydrogen-bond acceptors (Lipinski definition) is 3. The largest absolute Gasteiger partial charge is 0.462 e. The first-order valence-corrected chi connectivity index (χ1v) is 7.59. The minimum Gasteiger partial charge on any atom is -0.462 e. The topological polar surface area (TPSA) is 55.4 Å². The summed E-state index contributed by atoms with van der Waals surface area (Å²) in [6.45, 7) is 3.64. The van der Waals surface area contributed by atoms with Crippen molar-refractivity contribution < 1.29 is 14.3 Å². The molecule has 0 saturated carbocycles. The molecule has 2 rings (SSSR count). The molecule has 1 fully saturated rings. The van der Waals surface area contributed by atoms with Gasteiger partial charge in [0.25, 0.3) is 0 Å². The van der Waals surface area contributed by atoms with E-state index >= 15 is 0 Å². The predicted molar refractivity (Wildman–Crippen MR) is 82.5 cm³/mol. The van der Waals surface area contributed by atoms with Crippen LogP contribution in [0.4, 0.5) is 5.69 Å². The van der Waals surface area contributed by atoms with Crippen molar-refractivity contribution in [3.05, 3.63) is 28.2 Å². The van der Waals surface area contributed by atoms with Gasteiger partial charge in [-0.3, -0.25) is 9.59 Å². The third-order valence-corrected chi connectivity index (χ3v) is 4.10. The Morgan fingerprint density at radius 2 is 2.19 bits per heavy atom. The highest BCUT2D eigenvalue weighted by Gasteiger charge is 2.34. The third-order valence-electron chi connectivity index (χ3n) is 3.54. The summed E-state index contributed by atoms with van der Waals surface area (Å²) in [5.74, 6) is -0.937. The Labute approximate surface area is 133 Å². The number of anilines is 1. The zero-order valence-corrected chi connectivity index (χ0v) is 13.4. The lowest BCUT2D eigenvalue weighted by atomic mass is 9.93. The second-order valence-corrected chi connectivity index (χ2v) is 6.27. The molecule has 0 aromatic heterocycles. The number of carbonyl (C=O) groups is 2. The molecular weight excluding hydrogens is 313 g/mol. The Balaban J connectivity index is 1.96. The predicted octanol–water partition coefficient (Wildman–Crippen LogP) is 3.91. The Hall–Kier alpha value is -1.26. The molecule has 1 saturated heterocycles. The number of nitrogens with one attached hydrogen (secondary N) is 1. The first-order chi connectivity index (χ1) is 9.86. The van der Waals surface area contributed by atoms with Crippen LogP contribution >= 0.6 is 23.2 Å². The highest BCUT2D eigenvalue weighted by atomic mass is 35.5. The van der Waals surface area contributed by atoms with Gasteiger partial charge in [0.1, 0.15) is 0 Å². The van der Waals surface area contributed by atoms with E-state index in [2.05, 4.69) is 5.32 Å². The van der Waals surface area contributed by atoms with Crippen molar-refractivity contribution in [3.8, 4) is 0 Å². The molecule has 1 heterocycles. The highest BCUT2D eigenvalue weighted by Crippen LogP contribution is 2.29. The number of ether oxygens (including phenoxy) is 1. The maximum absolute atomic E-state index is 12.2. The first-order valence-electron chi connectivity index (χ1n) is 6.83. The summed E-state index contributed by atoms with van der Waals surface area (Å²) in [4.78, 5) is 23.8. The van der Waals surface area contributed by atoms with Gasteiger partial charge in [-0.1, -0.05) is 30.1 Å². The molecule has 0 radical (unpaired) electrons. The number of benzene rings is 1. The monoisotopic (exact) mass is 329 g/mol. The summed E-state index contributed by atoms with van der Waals surface area (Å²) >= 11 is 11.9. The van der Waals surface area contributed by atoms with Gasteiger partial charge in [0.05, 0.1) is 22.7 Å². The average Bonchev–Trinajstić information content (AvgIpc) is 2.72. The zero-order chi connectivity index (χ0) is 15.6. The molecule has 4 nitrogen and oxygen atoms in total. The van der Waals surface area contributed by atoms with E-state index < -0.39 is 0 Å². The van der Waals surface area contributed by atoms with E-state index in [4.69, 9.17) is 27.9 Å². The fourth-order valence-electron chi connectivity index (χ4n) is 2.42. The molecule has 21 heavy (non-hydrogen) atoms. The molecule has 6 heteroatoms. The van der Waals surface area contributed by atoms with E-state index in [9.17, 15) is 9.59 Å². The molecule has 0 aliphatic carbocycles. The van der Waals surface area contributed by atoms with Crippen molar-refractivity contribution in [1.29, 1.82) is 0 Å². The minimum absolute atomic E-state index is 0.0693. The highest BCUT2D eigenvalue weighted by molar-refractivity contribution is 6.35. The van der Waals surface area contributed by atoms with E-state index in [0.717, 1.165) is 0 Å². The van der Waals surface area contributed by atoms with Gasteiger partial charge in [0.2, 0.25) is 5.91 Å². The lowest BCUT2D eigenvalue weighted by molar-refractivity contribution is -0.144. The molecule has 0 bridgehead atoms. The van der Waals surface area contributed by atoms with Gasteiger partial charge in [-0.05, 0) is 38.0 Å². The molecule has 1 N–H and O–H groups in total. The second kappa shape index (κ2) is 6.67. The number of amides is 1. The molecule has 3 atom stereocenters. The number of rotatable bonds is 4. The van der Waals surface area contributed by atoms with Crippen LogP contribution in [0.15, 0.2) is 18.2 Å². The van der Waals surface area contributed by atoms with Crippen molar-refractivity contribution in [2.24, 2.45) is 11.8 Å². The van der Waals surface area contributed by atoms with Gasteiger partial charge < -0.3 is 10.1 Å². The van der Waals surface area contributed by atoms with Crippen LogP contribution < -0.4 is 5.32 Å². The van der Waals surface area contributed by atoms with E-state index in [1.54, 1.807) is 25.1 Å². The quantitative estimate of drug-likeness (QED) is 0.852. The molecule has 114 valence electrons. The summed E-state index contributed by atoms with van der Waals surface area (Å²) in [5, 5.41) is 3.66. The SMILES string of the molecule is C[C@@H]1C[C@@H](C[C@@H](C)C(=O)Nc2cc(Cl)ccc2Cl)C(=O)O1. The Kier molecular flexibility index (Phi) is 5.12. The summed E-state index contributed by atoms with van der Waals surface area (Å²) in [6.07, 6.45) is 1.06. The van der Waals surface area contributed by atoms with Gasteiger partial charge in [-0.15, -0.1) is 0 Å². The zero-order valence-electron chi connectivity index (χ0n) is 11.9. The number of cyclic esters (lactones) is 1. The van der Waals surface area contributed by atoms with Crippen molar-refractivity contribution >= 4 is 40.8 Å². The maximum atomic E-state index is 12.2. The van der Waals surface area contributed by atoms with Crippen molar-refractivity contribution in [3.63, 3.8) is 0 Å². The molecule has 1 aromatic carbocycles. The standard InChI is InChI=1S/C15H17Cl2NO3/c1-8(5-10-6-9(2)21-15(10)20)14(19)18-13-7-11(16)3-4-12(13)17/h3-4,7-10H,5-6H2,1-2H3,(H,18,19)/t8-,9-,10-/m1/s1. The van der Waals surface area contributed by atoms with Crippen molar-refractivity contribution in [2.45, 2.75) is 32.8 Å². The van der Waals surface area contributed by atoms with E-state index in [1.807, 2.05) is 6.92 Å². The van der Waals surface area contributed by atoms with Gasteiger partial charge in [0.15, 0.2) is 0 Å².